The zero-order valence-corrected chi connectivity index (χ0v) is 10.7. The number of hydrogen-bond donors (Lipinski definition) is 3. The maximum Gasteiger partial charge on any atom is 0.152 e. The van der Waals surface area contributed by atoms with Gasteiger partial charge in [-0.3, -0.25) is 4.98 Å². The summed E-state index contributed by atoms with van der Waals surface area (Å²) in [7, 11) is 0. The van der Waals surface area contributed by atoms with Crippen LogP contribution in [0.3, 0.4) is 0 Å². The van der Waals surface area contributed by atoms with Gasteiger partial charge in [-0.2, -0.15) is 0 Å². The quantitative estimate of drug-likeness (QED) is 0.757. The van der Waals surface area contributed by atoms with Gasteiger partial charge in [-0.05, 0) is 18.6 Å². The monoisotopic (exact) mass is 259 g/mol. The minimum Gasteiger partial charge on any atom is -0.392 e. The van der Waals surface area contributed by atoms with E-state index in [4.69, 9.17) is 5.11 Å². The van der Waals surface area contributed by atoms with Crippen LogP contribution in [0.25, 0.3) is 11.3 Å². The Kier molecular flexibility index (Phi) is 4.43. The molecule has 0 aliphatic rings. The second-order valence-electron chi connectivity index (χ2n) is 4.34. The van der Waals surface area contributed by atoms with E-state index in [1.54, 1.807) is 19.3 Å². The van der Waals surface area contributed by atoms with Crippen molar-refractivity contribution in [3.8, 4) is 11.3 Å². The molecule has 1 aromatic heterocycles. The topological polar surface area (TPSA) is 78.3 Å². The van der Waals surface area contributed by atoms with Crippen LogP contribution in [0.15, 0.2) is 36.7 Å². The summed E-state index contributed by atoms with van der Waals surface area (Å²) in [6.45, 7) is 2.10. The molecule has 2 rings (SSSR count). The van der Waals surface area contributed by atoms with Crippen LogP contribution >= 0.6 is 0 Å². The number of hydrogen-bond acceptors (Lipinski definition) is 5. The van der Waals surface area contributed by atoms with Crippen LogP contribution < -0.4 is 5.32 Å². The Labute approximate surface area is 112 Å². The smallest absolute Gasteiger partial charge is 0.152 e. The average molecular weight is 259 g/mol. The normalized spacial score (nSPS) is 12.2. The van der Waals surface area contributed by atoms with E-state index in [0.717, 1.165) is 11.1 Å². The van der Waals surface area contributed by atoms with Gasteiger partial charge in [0, 0.05) is 24.5 Å². The summed E-state index contributed by atoms with van der Waals surface area (Å²) in [5.41, 5.74) is 2.41. The molecule has 0 aliphatic heterocycles. The summed E-state index contributed by atoms with van der Waals surface area (Å²) in [6, 6.07) is 7.51. The zero-order valence-electron chi connectivity index (χ0n) is 10.7. The number of aliphatic hydroxyl groups excluding tert-OH is 2. The molecule has 1 unspecified atom stereocenters. The van der Waals surface area contributed by atoms with Gasteiger partial charge in [0.05, 0.1) is 12.7 Å². The van der Waals surface area contributed by atoms with Crippen molar-refractivity contribution in [2.24, 2.45) is 0 Å². The van der Waals surface area contributed by atoms with E-state index in [-0.39, 0.29) is 6.61 Å². The Hall–Kier alpha value is -1.98. The van der Waals surface area contributed by atoms with E-state index in [9.17, 15) is 5.11 Å². The molecule has 2 aromatic rings. The molecule has 5 nitrogen and oxygen atoms in total. The number of benzene rings is 1. The van der Waals surface area contributed by atoms with Crippen LogP contribution in [-0.2, 0) is 6.61 Å². The summed E-state index contributed by atoms with van der Waals surface area (Å²) < 4.78 is 0. The Balaban J connectivity index is 2.32. The molecule has 0 radical (unpaired) electrons. The summed E-state index contributed by atoms with van der Waals surface area (Å²) in [5, 5.41) is 21.5. The molecule has 1 heterocycles. The third kappa shape index (κ3) is 3.49. The highest BCUT2D eigenvalue weighted by atomic mass is 16.3. The predicted molar refractivity (Wildman–Crippen MR) is 73.6 cm³/mol. The van der Waals surface area contributed by atoms with E-state index in [1.165, 1.54) is 0 Å². The SMILES string of the molecule is CC(O)CNc1nccnc1-c1cccc(CO)c1. The zero-order chi connectivity index (χ0) is 13.7. The molecule has 5 heteroatoms. The Bertz CT molecular complexity index is 544. The van der Waals surface area contributed by atoms with Gasteiger partial charge >= 0.3 is 0 Å². The first-order valence-corrected chi connectivity index (χ1v) is 6.14. The molecule has 100 valence electrons. The van der Waals surface area contributed by atoms with E-state index in [1.807, 2.05) is 24.3 Å². The van der Waals surface area contributed by atoms with Gasteiger partial charge in [-0.25, -0.2) is 4.98 Å². The van der Waals surface area contributed by atoms with Crippen molar-refractivity contribution in [3.05, 3.63) is 42.2 Å². The highest BCUT2D eigenvalue weighted by Gasteiger charge is 2.08. The maximum absolute atomic E-state index is 9.31. The lowest BCUT2D eigenvalue weighted by Gasteiger charge is -2.11. The van der Waals surface area contributed by atoms with Crippen molar-refractivity contribution in [3.63, 3.8) is 0 Å². The minimum atomic E-state index is -0.460. The average Bonchev–Trinajstić information content (AvgIpc) is 2.45. The summed E-state index contributed by atoms with van der Waals surface area (Å²) in [6.07, 6.45) is 2.76. The van der Waals surface area contributed by atoms with E-state index >= 15 is 0 Å². The van der Waals surface area contributed by atoms with Crippen LogP contribution in [0.4, 0.5) is 5.82 Å². The fourth-order valence-corrected chi connectivity index (χ4v) is 1.74. The van der Waals surface area contributed by atoms with Crippen LogP contribution in [0, 0.1) is 0 Å². The van der Waals surface area contributed by atoms with Gasteiger partial charge < -0.3 is 15.5 Å². The van der Waals surface area contributed by atoms with Crippen LogP contribution in [-0.4, -0.2) is 32.8 Å². The molecule has 0 saturated carbocycles. The van der Waals surface area contributed by atoms with Gasteiger partial charge in [0.2, 0.25) is 0 Å². The number of nitrogens with one attached hydrogen (secondary N) is 1. The Morgan fingerprint density at radius 2 is 2.05 bits per heavy atom. The van der Waals surface area contributed by atoms with Crippen molar-refractivity contribution in [1.29, 1.82) is 0 Å². The second kappa shape index (κ2) is 6.26. The molecule has 0 amide bonds. The molecule has 0 saturated heterocycles. The van der Waals surface area contributed by atoms with E-state index < -0.39 is 6.10 Å². The summed E-state index contributed by atoms with van der Waals surface area (Å²) in [4.78, 5) is 8.55. The summed E-state index contributed by atoms with van der Waals surface area (Å²) in [5.74, 6) is 0.624. The largest absolute Gasteiger partial charge is 0.392 e. The van der Waals surface area contributed by atoms with Gasteiger partial charge in [0.1, 0.15) is 5.69 Å². The Morgan fingerprint density at radius 1 is 1.26 bits per heavy atom. The van der Waals surface area contributed by atoms with Crippen LogP contribution in [0.2, 0.25) is 0 Å². The first-order chi connectivity index (χ1) is 9.20. The predicted octanol–water partition coefficient (Wildman–Crippen LogP) is 1.43. The van der Waals surface area contributed by atoms with Crippen molar-refractivity contribution in [2.75, 3.05) is 11.9 Å². The molecular weight excluding hydrogens is 242 g/mol. The molecular formula is C14H17N3O2. The fourth-order valence-electron chi connectivity index (χ4n) is 1.74. The van der Waals surface area contributed by atoms with E-state index in [2.05, 4.69) is 15.3 Å². The van der Waals surface area contributed by atoms with Gasteiger partial charge in [0.25, 0.3) is 0 Å². The number of anilines is 1. The highest BCUT2D eigenvalue weighted by Crippen LogP contribution is 2.24. The van der Waals surface area contributed by atoms with Gasteiger partial charge in [-0.15, -0.1) is 0 Å². The van der Waals surface area contributed by atoms with Crippen LogP contribution in [0.1, 0.15) is 12.5 Å². The lowest BCUT2D eigenvalue weighted by atomic mass is 10.1. The van der Waals surface area contributed by atoms with Crippen molar-refractivity contribution in [1.82, 2.24) is 9.97 Å². The van der Waals surface area contributed by atoms with Gasteiger partial charge in [0.15, 0.2) is 5.82 Å². The van der Waals surface area contributed by atoms with E-state index in [0.29, 0.717) is 18.1 Å². The molecule has 3 N–H and O–H groups in total. The molecule has 1 atom stereocenters. The third-order valence-corrected chi connectivity index (χ3v) is 2.65. The molecule has 0 spiro atoms. The number of aliphatic hydroxyl groups is 2. The van der Waals surface area contributed by atoms with Crippen LogP contribution in [0.5, 0.6) is 0 Å². The molecule has 0 aliphatic carbocycles. The molecule has 1 aromatic carbocycles. The van der Waals surface area contributed by atoms with Crippen molar-refractivity contribution < 1.29 is 10.2 Å². The first kappa shape index (κ1) is 13.5. The summed E-state index contributed by atoms with van der Waals surface area (Å²) >= 11 is 0. The number of nitrogens with zero attached hydrogens (tertiary/aromatic N) is 2. The Morgan fingerprint density at radius 3 is 2.79 bits per heavy atom. The van der Waals surface area contributed by atoms with Gasteiger partial charge in [-0.1, -0.05) is 18.2 Å². The number of aromatic nitrogens is 2. The minimum absolute atomic E-state index is 0.00939. The lowest BCUT2D eigenvalue weighted by molar-refractivity contribution is 0.208. The standard InChI is InChI=1S/C14H17N3O2/c1-10(19)8-17-14-13(15-5-6-16-14)12-4-2-3-11(7-12)9-18/h2-7,10,18-19H,8-9H2,1H3,(H,16,17). The maximum atomic E-state index is 9.31. The van der Waals surface area contributed by atoms with Crippen molar-refractivity contribution in [2.45, 2.75) is 19.6 Å². The lowest BCUT2D eigenvalue weighted by Crippen LogP contribution is -2.16. The fraction of sp³-hybridized carbons (Fsp3) is 0.286. The molecule has 0 fully saturated rings. The first-order valence-electron chi connectivity index (χ1n) is 6.14. The highest BCUT2D eigenvalue weighted by molar-refractivity contribution is 5.71. The number of rotatable bonds is 5. The second-order valence-corrected chi connectivity index (χ2v) is 4.34. The molecule has 19 heavy (non-hydrogen) atoms. The molecule has 0 bridgehead atoms. The van der Waals surface area contributed by atoms with Crippen molar-refractivity contribution >= 4 is 5.82 Å². The third-order valence-electron chi connectivity index (χ3n) is 2.65.